The van der Waals surface area contributed by atoms with Crippen LogP contribution >= 0.6 is 11.3 Å². The van der Waals surface area contributed by atoms with Crippen molar-refractivity contribution in [2.45, 2.75) is 33.2 Å². The summed E-state index contributed by atoms with van der Waals surface area (Å²) >= 11 is 1.27. The molecular formula is C11H15NO4S. The van der Waals surface area contributed by atoms with Crippen molar-refractivity contribution in [3.05, 3.63) is 15.6 Å². The summed E-state index contributed by atoms with van der Waals surface area (Å²) in [5, 5.41) is 0.352. The van der Waals surface area contributed by atoms with Gasteiger partial charge in [-0.15, -0.1) is 11.3 Å². The van der Waals surface area contributed by atoms with Crippen molar-refractivity contribution in [1.29, 1.82) is 0 Å². The number of hydrogen-bond acceptors (Lipinski definition) is 6. The molecule has 94 valence electrons. The van der Waals surface area contributed by atoms with E-state index in [0.29, 0.717) is 18.2 Å². The van der Waals surface area contributed by atoms with Gasteiger partial charge >= 0.3 is 5.97 Å². The van der Waals surface area contributed by atoms with Crippen LogP contribution in [0.4, 0.5) is 0 Å². The molecule has 1 aromatic rings. The van der Waals surface area contributed by atoms with Gasteiger partial charge in [-0.25, -0.2) is 9.78 Å². The SMILES string of the molecule is Cc1nc(C(=O)OC(C)C)sc1C1OCCO1. The fourth-order valence-corrected chi connectivity index (χ4v) is 2.44. The standard InChI is InChI=1S/C11H15NO4S/c1-6(2)16-10(13)9-12-7(3)8(17-9)11-14-4-5-15-11/h6,11H,4-5H2,1-3H3. The molecule has 0 spiro atoms. The second-order valence-electron chi connectivity index (χ2n) is 4.00. The van der Waals surface area contributed by atoms with E-state index in [2.05, 4.69) is 4.98 Å². The molecule has 1 saturated heterocycles. The van der Waals surface area contributed by atoms with Gasteiger partial charge in [0.25, 0.3) is 0 Å². The van der Waals surface area contributed by atoms with Gasteiger partial charge in [-0.3, -0.25) is 0 Å². The lowest BCUT2D eigenvalue weighted by Crippen LogP contribution is -2.11. The number of nitrogens with zero attached hydrogens (tertiary/aromatic N) is 1. The van der Waals surface area contributed by atoms with E-state index in [4.69, 9.17) is 14.2 Å². The third-order valence-electron chi connectivity index (χ3n) is 2.19. The van der Waals surface area contributed by atoms with Crippen molar-refractivity contribution in [2.75, 3.05) is 13.2 Å². The molecule has 2 heterocycles. The van der Waals surface area contributed by atoms with Crippen LogP contribution in [0.15, 0.2) is 0 Å². The molecule has 17 heavy (non-hydrogen) atoms. The maximum absolute atomic E-state index is 11.7. The van der Waals surface area contributed by atoms with Crippen LogP contribution in [0.3, 0.4) is 0 Å². The van der Waals surface area contributed by atoms with Gasteiger partial charge in [-0.2, -0.15) is 0 Å². The number of aromatic nitrogens is 1. The van der Waals surface area contributed by atoms with Gasteiger partial charge in [0.2, 0.25) is 5.01 Å². The van der Waals surface area contributed by atoms with Gasteiger partial charge in [0, 0.05) is 0 Å². The molecule has 5 nitrogen and oxygen atoms in total. The summed E-state index contributed by atoms with van der Waals surface area (Å²) in [6.07, 6.45) is -0.526. The minimum absolute atomic E-state index is 0.144. The van der Waals surface area contributed by atoms with Crippen molar-refractivity contribution in [2.24, 2.45) is 0 Å². The molecule has 0 amide bonds. The van der Waals surface area contributed by atoms with Crippen LogP contribution in [-0.4, -0.2) is 30.3 Å². The van der Waals surface area contributed by atoms with E-state index in [9.17, 15) is 4.79 Å². The Labute approximate surface area is 104 Å². The summed E-state index contributed by atoms with van der Waals surface area (Å²) in [5.74, 6) is -0.391. The Balaban J connectivity index is 2.15. The highest BCUT2D eigenvalue weighted by Gasteiger charge is 2.26. The first-order chi connectivity index (χ1) is 8.08. The Bertz CT molecular complexity index is 410. The summed E-state index contributed by atoms with van der Waals surface area (Å²) in [5.41, 5.74) is 0.762. The number of hydrogen-bond donors (Lipinski definition) is 0. The second-order valence-corrected chi connectivity index (χ2v) is 5.03. The fraction of sp³-hybridized carbons (Fsp3) is 0.636. The van der Waals surface area contributed by atoms with E-state index < -0.39 is 5.97 Å². The molecule has 6 heteroatoms. The molecule has 1 aliphatic heterocycles. The van der Waals surface area contributed by atoms with E-state index in [0.717, 1.165) is 10.6 Å². The Hall–Kier alpha value is -0.980. The van der Waals surface area contributed by atoms with Crippen molar-refractivity contribution in [3.63, 3.8) is 0 Å². The van der Waals surface area contributed by atoms with E-state index >= 15 is 0 Å². The first kappa shape index (κ1) is 12.5. The largest absolute Gasteiger partial charge is 0.458 e. The first-order valence-corrected chi connectivity index (χ1v) is 6.31. The molecule has 0 atom stereocenters. The number of carbonyl (C=O) groups is 1. The lowest BCUT2D eigenvalue weighted by molar-refractivity contribution is -0.0418. The summed E-state index contributed by atoms with van der Waals surface area (Å²) in [7, 11) is 0. The third-order valence-corrected chi connectivity index (χ3v) is 3.34. The molecule has 1 aromatic heterocycles. The van der Waals surface area contributed by atoms with Crippen LogP contribution in [0.5, 0.6) is 0 Å². The highest BCUT2D eigenvalue weighted by Crippen LogP contribution is 2.31. The average molecular weight is 257 g/mol. The van der Waals surface area contributed by atoms with Crippen molar-refractivity contribution >= 4 is 17.3 Å². The van der Waals surface area contributed by atoms with Gasteiger partial charge in [-0.05, 0) is 20.8 Å². The highest BCUT2D eigenvalue weighted by molar-refractivity contribution is 7.13. The van der Waals surface area contributed by atoms with E-state index in [1.807, 2.05) is 20.8 Å². The van der Waals surface area contributed by atoms with E-state index in [1.54, 1.807) is 0 Å². The smallest absolute Gasteiger partial charge is 0.367 e. The Morgan fingerprint density at radius 1 is 1.47 bits per heavy atom. The molecule has 2 rings (SSSR count). The lowest BCUT2D eigenvalue weighted by atomic mass is 10.4. The molecule has 0 N–H and O–H groups in total. The Morgan fingerprint density at radius 2 is 2.12 bits per heavy atom. The van der Waals surface area contributed by atoms with Crippen LogP contribution < -0.4 is 0 Å². The molecule has 1 fully saturated rings. The summed E-state index contributed by atoms with van der Waals surface area (Å²) < 4.78 is 15.9. The normalized spacial score (nSPS) is 16.7. The minimum Gasteiger partial charge on any atom is -0.458 e. The van der Waals surface area contributed by atoms with Crippen LogP contribution in [0.1, 0.15) is 40.5 Å². The van der Waals surface area contributed by atoms with Crippen LogP contribution in [0, 0.1) is 6.92 Å². The number of ether oxygens (including phenoxy) is 3. The predicted octanol–water partition coefficient (Wildman–Crippen LogP) is 2.06. The van der Waals surface area contributed by atoms with Gasteiger partial charge in [0.1, 0.15) is 0 Å². The molecular weight excluding hydrogens is 242 g/mol. The van der Waals surface area contributed by atoms with Crippen LogP contribution in [0.25, 0.3) is 0 Å². The van der Waals surface area contributed by atoms with E-state index in [-0.39, 0.29) is 12.4 Å². The molecule has 0 unspecified atom stereocenters. The first-order valence-electron chi connectivity index (χ1n) is 5.49. The average Bonchev–Trinajstić information content (AvgIpc) is 2.84. The number of aryl methyl sites for hydroxylation is 1. The fourth-order valence-electron chi connectivity index (χ4n) is 1.49. The van der Waals surface area contributed by atoms with Crippen molar-refractivity contribution in [3.8, 4) is 0 Å². The van der Waals surface area contributed by atoms with Gasteiger partial charge in [0.05, 0.1) is 29.9 Å². The zero-order valence-electron chi connectivity index (χ0n) is 10.1. The molecule has 0 saturated carbocycles. The predicted molar refractivity (Wildman–Crippen MR) is 62.0 cm³/mol. The molecule has 0 bridgehead atoms. The zero-order chi connectivity index (χ0) is 12.4. The van der Waals surface area contributed by atoms with Gasteiger partial charge < -0.3 is 14.2 Å². The third kappa shape index (κ3) is 2.83. The maximum atomic E-state index is 11.7. The summed E-state index contributed by atoms with van der Waals surface area (Å²) in [6, 6.07) is 0. The van der Waals surface area contributed by atoms with Crippen LogP contribution in [-0.2, 0) is 14.2 Å². The summed E-state index contributed by atoms with van der Waals surface area (Å²) in [4.78, 5) is 16.7. The Morgan fingerprint density at radius 3 is 2.71 bits per heavy atom. The number of thiazole rings is 1. The number of rotatable bonds is 3. The summed E-state index contributed by atoms with van der Waals surface area (Å²) in [6.45, 7) is 6.61. The quantitative estimate of drug-likeness (QED) is 0.776. The molecule has 0 radical (unpaired) electrons. The zero-order valence-corrected chi connectivity index (χ0v) is 10.9. The lowest BCUT2D eigenvalue weighted by Gasteiger charge is -2.06. The number of esters is 1. The molecule has 0 aromatic carbocycles. The number of carbonyl (C=O) groups excluding carboxylic acids is 1. The monoisotopic (exact) mass is 257 g/mol. The van der Waals surface area contributed by atoms with E-state index in [1.165, 1.54) is 11.3 Å². The molecule has 1 aliphatic rings. The molecule has 0 aliphatic carbocycles. The maximum Gasteiger partial charge on any atom is 0.367 e. The Kier molecular flexibility index (Phi) is 3.76. The highest BCUT2D eigenvalue weighted by atomic mass is 32.1. The van der Waals surface area contributed by atoms with Crippen molar-refractivity contribution < 1.29 is 19.0 Å². The van der Waals surface area contributed by atoms with Crippen molar-refractivity contribution in [1.82, 2.24) is 4.98 Å². The van der Waals surface area contributed by atoms with Gasteiger partial charge in [-0.1, -0.05) is 0 Å². The minimum atomic E-state index is -0.391. The second kappa shape index (κ2) is 5.12. The van der Waals surface area contributed by atoms with Crippen LogP contribution in [0.2, 0.25) is 0 Å². The topological polar surface area (TPSA) is 57.7 Å². The van der Waals surface area contributed by atoms with Gasteiger partial charge in [0.15, 0.2) is 6.29 Å².